The third kappa shape index (κ3) is 46.8. The van der Waals surface area contributed by atoms with Crippen LogP contribution in [0.5, 0.6) is 0 Å². The molecular formula is C8H21Cl2NO. The molecule has 0 unspecified atom stereocenters. The van der Waals surface area contributed by atoms with Crippen LogP contribution in [0.15, 0.2) is 0 Å². The van der Waals surface area contributed by atoms with E-state index in [1.165, 1.54) is 0 Å². The predicted molar refractivity (Wildman–Crippen MR) is 58.1 cm³/mol. The van der Waals surface area contributed by atoms with Crippen LogP contribution in [0.25, 0.3) is 0 Å². The van der Waals surface area contributed by atoms with Crippen LogP contribution in [0.1, 0.15) is 27.7 Å². The van der Waals surface area contributed by atoms with E-state index < -0.39 is 0 Å². The van der Waals surface area contributed by atoms with Gasteiger partial charge in [0.1, 0.15) is 0 Å². The van der Waals surface area contributed by atoms with Gasteiger partial charge >= 0.3 is 0 Å². The molecule has 0 radical (unpaired) electrons. The number of alkyl halides is 2. The first-order chi connectivity index (χ1) is 5.54. The number of rotatable bonds is 2. The molecule has 0 aliphatic heterocycles. The van der Waals surface area contributed by atoms with Crippen LogP contribution in [0.2, 0.25) is 0 Å². The lowest BCUT2D eigenvalue weighted by Gasteiger charge is -2.10. The molecule has 0 atom stereocenters. The van der Waals surface area contributed by atoms with Crippen molar-refractivity contribution in [2.45, 2.75) is 39.8 Å². The lowest BCUT2D eigenvalue weighted by Crippen LogP contribution is -2.29. The van der Waals surface area contributed by atoms with Gasteiger partial charge in [0, 0.05) is 19.2 Å². The fraction of sp³-hybridized carbons (Fsp3) is 1.00. The molecule has 0 aliphatic carbocycles. The number of halogens is 2. The fourth-order valence-corrected chi connectivity index (χ4v) is 0.667. The van der Waals surface area contributed by atoms with Gasteiger partial charge in [0.05, 0.1) is 5.34 Å². The van der Waals surface area contributed by atoms with Crippen LogP contribution in [0.4, 0.5) is 0 Å². The minimum Gasteiger partial charge on any atom is -0.400 e. The first-order valence-corrected chi connectivity index (χ1v) is 4.94. The van der Waals surface area contributed by atoms with Crippen molar-refractivity contribution in [3.05, 3.63) is 0 Å². The van der Waals surface area contributed by atoms with Gasteiger partial charge in [-0.15, -0.1) is 23.2 Å². The number of hydrogen-bond donors (Lipinski definition) is 2. The summed E-state index contributed by atoms with van der Waals surface area (Å²) in [6.45, 7) is 8.61. The standard InChI is InChI=1S/C6H15N.CH2Cl2.CH4O/c1-5(2)7-6(3)4;2-1-3;1-2/h5-7H,1-4H3;1H2;2H,1H3. The molecule has 0 saturated carbocycles. The molecule has 0 saturated heterocycles. The maximum atomic E-state index is 7.00. The second-order valence-electron chi connectivity index (χ2n) is 2.58. The Labute approximate surface area is 86.3 Å². The van der Waals surface area contributed by atoms with E-state index in [0.717, 1.165) is 7.11 Å². The summed E-state index contributed by atoms with van der Waals surface area (Å²) < 4.78 is 0. The fourth-order valence-electron chi connectivity index (χ4n) is 0.667. The van der Waals surface area contributed by atoms with Gasteiger partial charge in [-0.25, -0.2) is 0 Å². The Morgan fingerprint density at radius 2 is 1.17 bits per heavy atom. The Hall–Kier alpha value is 0.500. The molecule has 2 nitrogen and oxygen atoms in total. The third-order valence-corrected chi connectivity index (χ3v) is 0.667. The summed E-state index contributed by atoms with van der Waals surface area (Å²) in [6.07, 6.45) is 0. The molecule has 0 rings (SSSR count). The summed E-state index contributed by atoms with van der Waals surface area (Å²) in [4.78, 5) is 0. The molecular weight excluding hydrogens is 197 g/mol. The summed E-state index contributed by atoms with van der Waals surface area (Å²) >= 11 is 9.53. The van der Waals surface area contributed by atoms with Crippen LogP contribution >= 0.6 is 23.2 Å². The van der Waals surface area contributed by atoms with E-state index in [1.54, 1.807) is 0 Å². The zero-order chi connectivity index (χ0) is 10.6. The molecule has 0 aromatic heterocycles. The second-order valence-corrected chi connectivity index (χ2v) is 3.39. The Kier molecular flexibility index (Phi) is 26.8. The topological polar surface area (TPSA) is 32.3 Å². The van der Waals surface area contributed by atoms with E-state index in [0.29, 0.717) is 12.1 Å². The van der Waals surface area contributed by atoms with Crippen molar-refractivity contribution in [2.24, 2.45) is 0 Å². The summed E-state index contributed by atoms with van der Waals surface area (Å²) in [5.41, 5.74) is 0. The van der Waals surface area contributed by atoms with Gasteiger partial charge in [-0.1, -0.05) is 27.7 Å². The molecule has 0 heterocycles. The minimum absolute atomic E-state index is 0.194. The van der Waals surface area contributed by atoms with Gasteiger partial charge in [0.15, 0.2) is 0 Å². The van der Waals surface area contributed by atoms with Crippen molar-refractivity contribution < 1.29 is 5.11 Å². The SMILES string of the molecule is CC(C)NC(C)C.CO.ClCCl. The van der Waals surface area contributed by atoms with Gasteiger partial charge in [-0.05, 0) is 0 Å². The maximum Gasteiger partial charge on any atom is 0.0967 e. The van der Waals surface area contributed by atoms with E-state index in [9.17, 15) is 0 Å². The number of hydrogen-bond acceptors (Lipinski definition) is 2. The van der Waals surface area contributed by atoms with Gasteiger partial charge < -0.3 is 10.4 Å². The number of aliphatic hydroxyl groups is 1. The van der Waals surface area contributed by atoms with E-state index in [2.05, 4.69) is 33.0 Å². The van der Waals surface area contributed by atoms with Crippen molar-refractivity contribution in [3.8, 4) is 0 Å². The highest BCUT2D eigenvalue weighted by atomic mass is 35.5. The Balaban J connectivity index is -0.000000137. The molecule has 0 spiro atoms. The molecule has 0 aliphatic rings. The first-order valence-electron chi connectivity index (χ1n) is 3.87. The summed E-state index contributed by atoms with van der Waals surface area (Å²) in [7, 11) is 1.00. The smallest absolute Gasteiger partial charge is 0.0967 e. The van der Waals surface area contributed by atoms with Crippen LogP contribution < -0.4 is 5.32 Å². The van der Waals surface area contributed by atoms with E-state index in [-0.39, 0.29) is 5.34 Å². The van der Waals surface area contributed by atoms with E-state index in [1.807, 2.05) is 0 Å². The van der Waals surface area contributed by atoms with Crippen LogP contribution in [-0.2, 0) is 0 Å². The average molecular weight is 218 g/mol. The van der Waals surface area contributed by atoms with Gasteiger partial charge in [-0.2, -0.15) is 0 Å². The second kappa shape index (κ2) is 17.5. The molecule has 4 heteroatoms. The van der Waals surface area contributed by atoms with Crippen molar-refractivity contribution in [3.63, 3.8) is 0 Å². The molecule has 0 aromatic carbocycles. The summed E-state index contributed by atoms with van der Waals surface area (Å²) in [5, 5.41) is 10.5. The molecule has 78 valence electrons. The summed E-state index contributed by atoms with van der Waals surface area (Å²) in [6, 6.07) is 1.25. The largest absolute Gasteiger partial charge is 0.400 e. The Bertz CT molecular complexity index is 55.0. The van der Waals surface area contributed by atoms with E-state index in [4.69, 9.17) is 28.3 Å². The molecule has 12 heavy (non-hydrogen) atoms. The predicted octanol–water partition coefficient (Wildman–Crippen LogP) is 2.42. The molecule has 0 bridgehead atoms. The van der Waals surface area contributed by atoms with Crippen molar-refractivity contribution in [1.29, 1.82) is 0 Å². The first kappa shape index (κ1) is 18.3. The number of aliphatic hydroxyl groups excluding tert-OH is 1. The molecule has 0 amide bonds. The Morgan fingerprint density at radius 1 is 1.00 bits per heavy atom. The van der Waals surface area contributed by atoms with Crippen molar-refractivity contribution in [2.75, 3.05) is 12.4 Å². The van der Waals surface area contributed by atoms with Crippen molar-refractivity contribution >= 4 is 23.2 Å². The van der Waals surface area contributed by atoms with Gasteiger partial charge in [0.25, 0.3) is 0 Å². The van der Waals surface area contributed by atoms with Gasteiger partial charge in [-0.3, -0.25) is 0 Å². The van der Waals surface area contributed by atoms with E-state index >= 15 is 0 Å². The lowest BCUT2D eigenvalue weighted by molar-refractivity contribution is 0.399. The van der Waals surface area contributed by atoms with Gasteiger partial charge in [0.2, 0.25) is 0 Å². The van der Waals surface area contributed by atoms with Crippen LogP contribution in [-0.4, -0.2) is 29.6 Å². The highest BCUT2D eigenvalue weighted by Crippen LogP contribution is 1.80. The maximum absolute atomic E-state index is 7.00. The third-order valence-electron chi connectivity index (χ3n) is 0.667. The van der Waals surface area contributed by atoms with Crippen molar-refractivity contribution in [1.82, 2.24) is 5.32 Å². The van der Waals surface area contributed by atoms with Crippen LogP contribution in [0.3, 0.4) is 0 Å². The average Bonchev–Trinajstić information content (AvgIpc) is 1.90. The summed E-state index contributed by atoms with van der Waals surface area (Å²) in [5.74, 6) is 0. The van der Waals surface area contributed by atoms with Crippen LogP contribution in [0, 0.1) is 0 Å². The molecule has 0 fully saturated rings. The quantitative estimate of drug-likeness (QED) is 0.697. The normalized spacial score (nSPS) is 8.50. The molecule has 2 N–H and O–H groups in total. The minimum atomic E-state index is 0.194. The highest BCUT2D eigenvalue weighted by molar-refractivity contribution is 6.40. The monoisotopic (exact) mass is 217 g/mol. The zero-order valence-electron chi connectivity index (χ0n) is 8.56. The molecule has 0 aromatic rings. The Morgan fingerprint density at radius 3 is 1.17 bits per heavy atom. The lowest BCUT2D eigenvalue weighted by atomic mass is 10.3. The zero-order valence-corrected chi connectivity index (χ0v) is 10.1. The number of nitrogens with one attached hydrogen (secondary N) is 1. The highest BCUT2D eigenvalue weighted by Gasteiger charge is 1.92.